The fraction of sp³-hybridized carbons (Fsp3) is 0.333. The predicted octanol–water partition coefficient (Wildman–Crippen LogP) is 0.235. The van der Waals surface area contributed by atoms with Gasteiger partial charge in [-0.1, -0.05) is 6.08 Å². The van der Waals surface area contributed by atoms with Gasteiger partial charge in [0.25, 0.3) is 0 Å². The third-order valence-electron chi connectivity index (χ3n) is 0.309. The van der Waals surface area contributed by atoms with Crippen molar-refractivity contribution in [2.24, 2.45) is 4.36 Å². The Kier molecular flexibility index (Phi) is 3.22. The van der Waals surface area contributed by atoms with E-state index in [9.17, 15) is 8.42 Å². The molecular formula is C3H5NO2S. The summed E-state index contributed by atoms with van der Waals surface area (Å²) in [6.07, 6.45) is 1.41. The van der Waals surface area contributed by atoms with Crippen molar-refractivity contribution in [2.45, 2.75) is 0 Å². The van der Waals surface area contributed by atoms with E-state index in [0.717, 1.165) is 0 Å². The molecule has 0 aromatic carbocycles. The fourth-order valence-electron chi connectivity index (χ4n) is 0.114. The molecule has 40 valence electrons. The summed E-state index contributed by atoms with van der Waals surface area (Å²) < 4.78 is 22.1. The van der Waals surface area contributed by atoms with Crippen molar-refractivity contribution in [2.75, 3.05) is 6.54 Å². The lowest BCUT2D eigenvalue weighted by molar-refractivity contribution is 0.621. The van der Waals surface area contributed by atoms with E-state index in [-0.39, 0.29) is 6.54 Å². The van der Waals surface area contributed by atoms with Gasteiger partial charge >= 0.3 is 10.5 Å². The molecule has 0 unspecified atom stereocenters. The third kappa shape index (κ3) is 5.36. The molecule has 0 aromatic rings. The minimum absolute atomic E-state index is 0.177. The van der Waals surface area contributed by atoms with Gasteiger partial charge in [0.15, 0.2) is 0 Å². The molecule has 0 heterocycles. The molecule has 0 aliphatic carbocycles. The van der Waals surface area contributed by atoms with E-state index >= 15 is 0 Å². The second kappa shape index (κ2) is 3.55. The second-order valence-electron chi connectivity index (χ2n) is 0.817. The summed E-state index contributed by atoms with van der Waals surface area (Å²) in [5, 5.41) is 0. The number of hydrogen-bond donors (Lipinski definition) is 0. The van der Waals surface area contributed by atoms with Crippen LogP contribution in [-0.4, -0.2) is 15.0 Å². The summed E-state index contributed by atoms with van der Waals surface area (Å²) in [4.78, 5) is 0. The van der Waals surface area contributed by atoms with Crippen molar-refractivity contribution in [1.82, 2.24) is 0 Å². The van der Waals surface area contributed by atoms with Gasteiger partial charge in [0, 0.05) is 0 Å². The molecule has 0 aromatic heterocycles. The average Bonchev–Trinajstić information content (AvgIpc) is 1.61. The molecule has 0 saturated heterocycles. The van der Waals surface area contributed by atoms with E-state index < -0.39 is 10.5 Å². The Balaban J connectivity index is 3.71. The fourth-order valence-corrected chi connectivity index (χ4v) is 0.341. The Bertz CT molecular complexity index is 159. The summed E-state index contributed by atoms with van der Waals surface area (Å²) in [5.74, 6) is 0. The van der Waals surface area contributed by atoms with E-state index in [1.807, 2.05) is 0 Å². The Morgan fingerprint density at radius 2 is 2.29 bits per heavy atom. The van der Waals surface area contributed by atoms with Crippen molar-refractivity contribution in [1.29, 1.82) is 0 Å². The lowest BCUT2D eigenvalue weighted by Crippen LogP contribution is -1.65. The molecule has 0 N–H and O–H groups in total. The molecule has 0 fully saturated rings. The van der Waals surface area contributed by atoms with Gasteiger partial charge in [-0.05, 0) is 0 Å². The molecule has 3 nitrogen and oxygen atoms in total. The Morgan fingerprint density at radius 3 is 2.43 bits per heavy atom. The molecular weight excluding hydrogens is 114 g/mol. The predicted molar refractivity (Wildman–Crippen MR) is 26.4 cm³/mol. The van der Waals surface area contributed by atoms with E-state index in [1.165, 1.54) is 6.08 Å². The van der Waals surface area contributed by atoms with Crippen molar-refractivity contribution in [3.8, 4) is 0 Å². The van der Waals surface area contributed by atoms with Crippen LogP contribution in [0.4, 0.5) is 0 Å². The Hall–Kier alpha value is -0.640. The molecule has 0 bridgehead atoms. The highest BCUT2D eigenvalue weighted by atomic mass is 32.2. The monoisotopic (exact) mass is 119 g/mol. The van der Waals surface area contributed by atoms with Gasteiger partial charge in [0.2, 0.25) is 0 Å². The summed E-state index contributed by atoms with van der Waals surface area (Å²) >= 11 is 0. The van der Waals surface area contributed by atoms with Crippen LogP contribution in [0.5, 0.6) is 0 Å². The van der Waals surface area contributed by atoms with E-state index in [1.54, 1.807) is 0 Å². The van der Waals surface area contributed by atoms with Gasteiger partial charge in [-0.2, -0.15) is 12.8 Å². The summed E-state index contributed by atoms with van der Waals surface area (Å²) in [6.45, 7) is 3.44. The van der Waals surface area contributed by atoms with Gasteiger partial charge in [-0.15, -0.1) is 6.58 Å². The van der Waals surface area contributed by atoms with Gasteiger partial charge < -0.3 is 0 Å². The van der Waals surface area contributed by atoms with Crippen LogP contribution in [0.25, 0.3) is 0 Å². The molecule has 0 radical (unpaired) electrons. The Labute approximate surface area is 43.4 Å². The zero-order valence-electron chi connectivity index (χ0n) is 3.66. The second-order valence-corrected chi connectivity index (χ2v) is 1.51. The van der Waals surface area contributed by atoms with Crippen LogP contribution in [0.2, 0.25) is 0 Å². The highest BCUT2D eigenvalue weighted by Gasteiger charge is 1.64. The molecule has 0 atom stereocenters. The topological polar surface area (TPSA) is 46.5 Å². The normalized spacial score (nSPS) is 7.43. The lowest BCUT2D eigenvalue weighted by Gasteiger charge is -1.64. The summed E-state index contributed by atoms with van der Waals surface area (Å²) in [7, 11) is -2.26. The van der Waals surface area contributed by atoms with Crippen LogP contribution < -0.4 is 0 Å². The highest BCUT2D eigenvalue weighted by Crippen LogP contribution is 1.65. The molecule has 0 amide bonds. The van der Waals surface area contributed by atoms with Crippen LogP contribution in [0, 0.1) is 0 Å². The van der Waals surface area contributed by atoms with Gasteiger partial charge in [-0.25, -0.2) is 0 Å². The van der Waals surface area contributed by atoms with Gasteiger partial charge in [0.05, 0.1) is 6.54 Å². The highest BCUT2D eigenvalue weighted by molar-refractivity contribution is 7.61. The van der Waals surface area contributed by atoms with Gasteiger partial charge in [-0.3, -0.25) is 0 Å². The van der Waals surface area contributed by atoms with Crippen LogP contribution in [0.3, 0.4) is 0 Å². The smallest absolute Gasteiger partial charge is 0.168 e. The van der Waals surface area contributed by atoms with Gasteiger partial charge in [0.1, 0.15) is 0 Å². The first-order valence-electron chi connectivity index (χ1n) is 1.65. The standard InChI is InChI=1S/C3H5NO2S/c1-2-3-4-7(5)6/h2H,1,3H2. The summed E-state index contributed by atoms with van der Waals surface area (Å²) in [6, 6.07) is 0. The first-order valence-corrected chi connectivity index (χ1v) is 2.68. The maximum atomic E-state index is 9.54. The van der Waals surface area contributed by atoms with Crippen LogP contribution in [0.15, 0.2) is 17.0 Å². The quantitative estimate of drug-likeness (QED) is 0.488. The summed E-state index contributed by atoms with van der Waals surface area (Å²) in [5.41, 5.74) is 0. The number of hydrogen-bond acceptors (Lipinski definition) is 3. The van der Waals surface area contributed by atoms with Crippen LogP contribution in [0.1, 0.15) is 0 Å². The molecule has 0 saturated carbocycles. The van der Waals surface area contributed by atoms with Crippen LogP contribution >= 0.6 is 0 Å². The Morgan fingerprint density at radius 1 is 1.71 bits per heavy atom. The largest absolute Gasteiger partial charge is 0.311 e. The average molecular weight is 119 g/mol. The first-order chi connectivity index (χ1) is 3.27. The van der Waals surface area contributed by atoms with Crippen molar-refractivity contribution < 1.29 is 8.42 Å². The molecule has 0 aliphatic rings. The lowest BCUT2D eigenvalue weighted by atomic mass is 10.7. The molecule has 7 heavy (non-hydrogen) atoms. The van der Waals surface area contributed by atoms with E-state index in [2.05, 4.69) is 10.9 Å². The van der Waals surface area contributed by atoms with E-state index in [4.69, 9.17) is 0 Å². The zero-order valence-corrected chi connectivity index (χ0v) is 4.48. The minimum Gasteiger partial charge on any atom is -0.168 e. The molecule has 4 heteroatoms. The SMILES string of the molecule is C=CCN=S(=O)=O. The third-order valence-corrected chi connectivity index (χ3v) is 0.669. The van der Waals surface area contributed by atoms with Crippen molar-refractivity contribution in [3.63, 3.8) is 0 Å². The van der Waals surface area contributed by atoms with Crippen LogP contribution in [-0.2, 0) is 10.5 Å². The number of rotatable bonds is 2. The maximum Gasteiger partial charge on any atom is 0.311 e. The molecule has 0 aliphatic heterocycles. The zero-order chi connectivity index (χ0) is 5.70. The first kappa shape index (κ1) is 6.36. The van der Waals surface area contributed by atoms with E-state index in [0.29, 0.717) is 0 Å². The van der Waals surface area contributed by atoms with Crippen molar-refractivity contribution >= 4 is 10.5 Å². The maximum absolute atomic E-state index is 9.54. The van der Waals surface area contributed by atoms with Crippen molar-refractivity contribution in [3.05, 3.63) is 12.7 Å². The molecule has 0 rings (SSSR count). The number of nitrogens with zero attached hydrogens (tertiary/aromatic N) is 1. The molecule has 0 spiro atoms. The minimum atomic E-state index is -2.26.